The minimum Gasteiger partial charge on any atom is -0.345 e. The fourth-order valence-corrected chi connectivity index (χ4v) is 3.90. The Balaban J connectivity index is 1.49. The Labute approximate surface area is 176 Å². The van der Waals surface area contributed by atoms with E-state index in [-0.39, 0.29) is 17.9 Å². The molecule has 0 saturated heterocycles. The third-order valence-corrected chi connectivity index (χ3v) is 5.58. The first-order valence-corrected chi connectivity index (χ1v) is 10.4. The first kappa shape index (κ1) is 19.9. The second kappa shape index (κ2) is 8.53. The molecular weight excluding hydrogens is 376 g/mol. The van der Waals surface area contributed by atoms with Gasteiger partial charge >= 0.3 is 0 Å². The number of aromatic nitrogens is 2. The largest absolute Gasteiger partial charge is 0.345 e. The quantitative estimate of drug-likeness (QED) is 0.657. The molecule has 1 aliphatic heterocycles. The summed E-state index contributed by atoms with van der Waals surface area (Å²) in [6.07, 6.45) is 3.61. The van der Waals surface area contributed by atoms with Crippen LogP contribution >= 0.6 is 0 Å². The summed E-state index contributed by atoms with van der Waals surface area (Å²) in [7, 11) is 0. The average molecular weight is 402 g/mol. The van der Waals surface area contributed by atoms with Crippen LogP contribution in [0.25, 0.3) is 0 Å². The molecule has 2 aromatic carbocycles. The molecule has 2 amide bonds. The van der Waals surface area contributed by atoms with Gasteiger partial charge < -0.3 is 10.6 Å². The van der Waals surface area contributed by atoms with Crippen LogP contribution in [0.4, 0.5) is 5.69 Å². The third kappa shape index (κ3) is 4.13. The summed E-state index contributed by atoms with van der Waals surface area (Å²) in [6, 6.07) is 15.9. The molecule has 6 nitrogen and oxygen atoms in total. The highest BCUT2D eigenvalue weighted by Gasteiger charge is 2.20. The summed E-state index contributed by atoms with van der Waals surface area (Å²) < 4.78 is 1.90. The summed E-state index contributed by atoms with van der Waals surface area (Å²) in [6.45, 7) is 4.65. The molecule has 0 saturated carbocycles. The van der Waals surface area contributed by atoms with Gasteiger partial charge in [0, 0.05) is 12.1 Å². The Kier molecular flexibility index (Phi) is 5.65. The Morgan fingerprint density at radius 3 is 2.77 bits per heavy atom. The molecule has 0 spiro atoms. The van der Waals surface area contributed by atoms with Crippen LogP contribution in [0.1, 0.15) is 59.1 Å². The number of carbonyl (C=O) groups excluding carboxylic acids is 2. The molecule has 0 fully saturated rings. The number of hydrogen-bond acceptors (Lipinski definition) is 3. The minimum atomic E-state index is -0.150. The van der Waals surface area contributed by atoms with Crippen LogP contribution in [0.15, 0.2) is 54.7 Å². The van der Waals surface area contributed by atoms with Crippen molar-refractivity contribution < 1.29 is 9.59 Å². The zero-order chi connectivity index (χ0) is 21.1. The van der Waals surface area contributed by atoms with Crippen molar-refractivity contribution >= 4 is 17.5 Å². The third-order valence-electron chi connectivity index (χ3n) is 5.58. The smallest absolute Gasteiger partial charge is 0.255 e. The number of anilines is 1. The SMILES string of the molecule is CCc1c(C(=O)NC(C)c2ccc3c(c2)CCC(=O)N3)cnn1Cc1ccccc1. The predicted octanol–water partition coefficient (Wildman–Crippen LogP) is 3.87. The maximum absolute atomic E-state index is 13.0. The van der Waals surface area contributed by atoms with Crippen molar-refractivity contribution in [2.75, 3.05) is 5.32 Å². The van der Waals surface area contributed by atoms with E-state index in [1.165, 1.54) is 0 Å². The molecule has 1 aromatic heterocycles. The topological polar surface area (TPSA) is 76.0 Å². The van der Waals surface area contributed by atoms with Gasteiger partial charge in [-0.25, -0.2) is 0 Å². The summed E-state index contributed by atoms with van der Waals surface area (Å²) >= 11 is 0. The van der Waals surface area contributed by atoms with Crippen LogP contribution in [0.3, 0.4) is 0 Å². The van der Waals surface area contributed by atoms with Gasteiger partial charge in [0.15, 0.2) is 0 Å². The van der Waals surface area contributed by atoms with Crippen molar-refractivity contribution in [1.29, 1.82) is 0 Å². The fourth-order valence-electron chi connectivity index (χ4n) is 3.90. The average Bonchev–Trinajstić information content (AvgIpc) is 3.16. The summed E-state index contributed by atoms with van der Waals surface area (Å²) in [5, 5.41) is 10.5. The van der Waals surface area contributed by atoms with Crippen molar-refractivity contribution in [2.45, 2.75) is 45.7 Å². The van der Waals surface area contributed by atoms with Gasteiger partial charge in [-0.1, -0.05) is 49.4 Å². The van der Waals surface area contributed by atoms with Gasteiger partial charge in [-0.3, -0.25) is 14.3 Å². The van der Waals surface area contributed by atoms with Crippen LogP contribution < -0.4 is 10.6 Å². The summed E-state index contributed by atoms with van der Waals surface area (Å²) in [4.78, 5) is 24.5. The molecule has 6 heteroatoms. The number of hydrogen-bond donors (Lipinski definition) is 2. The molecular formula is C24H26N4O2. The molecule has 1 unspecified atom stereocenters. The van der Waals surface area contributed by atoms with E-state index in [1.54, 1.807) is 6.20 Å². The number of amides is 2. The first-order chi connectivity index (χ1) is 14.5. The monoisotopic (exact) mass is 402 g/mol. The van der Waals surface area contributed by atoms with Crippen molar-refractivity contribution in [3.63, 3.8) is 0 Å². The van der Waals surface area contributed by atoms with Crippen LogP contribution in [0.2, 0.25) is 0 Å². The number of aryl methyl sites for hydroxylation is 1. The van der Waals surface area contributed by atoms with Gasteiger partial charge in [0.05, 0.1) is 30.0 Å². The molecule has 3 aromatic rings. The van der Waals surface area contributed by atoms with E-state index in [2.05, 4.69) is 33.9 Å². The molecule has 0 bridgehead atoms. The molecule has 154 valence electrons. The molecule has 2 heterocycles. The van der Waals surface area contributed by atoms with Crippen LogP contribution in [0, 0.1) is 0 Å². The van der Waals surface area contributed by atoms with Crippen molar-refractivity contribution in [3.05, 3.63) is 82.7 Å². The lowest BCUT2D eigenvalue weighted by atomic mass is 9.97. The Hall–Kier alpha value is -3.41. The number of nitrogens with one attached hydrogen (secondary N) is 2. The standard InChI is InChI=1S/C24H26N4O2/c1-3-22-20(14-25-28(22)15-17-7-5-4-6-8-17)24(30)26-16(2)18-9-11-21-19(13-18)10-12-23(29)27-21/h4-9,11,13-14,16H,3,10,12,15H2,1-2H3,(H,26,30)(H,27,29). The highest BCUT2D eigenvalue weighted by atomic mass is 16.2. The Morgan fingerprint density at radius 1 is 1.20 bits per heavy atom. The lowest BCUT2D eigenvalue weighted by Gasteiger charge is -2.20. The van der Waals surface area contributed by atoms with Gasteiger partial charge in [-0.05, 0) is 42.5 Å². The zero-order valence-corrected chi connectivity index (χ0v) is 17.3. The lowest BCUT2D eigenvalue weighted by Crippen LogP contribution is -2.28. The van der Waals surface area contributed by atoms with E-state index < -0.39 is 0 Å². The number of rotatable bonds is 6. The maximum atomic E-state index is 13.0. The van der Waals surface area contributed by atoms with Gasteiger partial charge in [-0.2, -0.15) is 5.10 Å². The van der Waals surface area contributed by atoms with Crippen LogP contribution in [-0.4, -0.2) is 21.6 Å². The summed E-state index contributed by atoms with van der Waals surface area (Å²) in [5.74, 6) is -0.0686. The highest BCUT2D eigenvalue weighted by Crippen LogP contribution is 2.26. The molecule has 1 aliphatic rings. The minimum absolute atomic E-state index is 0.0520. The zero-order valence-electron chi connectivity index (χ0n) is 17.3. The van der Waals surface area contributed by atoms with Gasteiger partial charge in [-0.15, -0.1) is 0 Å². The van der Waals surface area contributed by atoms with E-state index >= 15 is 0 Å². The molecule has 0 radical (unpaired) electrons. The van der Waals surface area contributed by atoms with E-state index in [4.69, 9.17) is 0 Å². The van der Waals surface area contributed by atoms with Crippen LogP contribution in [-0.2, 0) is 24.2 Å². The molecule has 0 aliphatic carbocycles. The fraction of sp³-hybridized carbons (Fsp3) is 0.292. The Morgan fingerprint density at radius 2 is 2.00 bits per heavy atom. The van der Waals surface area contributed by atoms with Crippen molar-refractivity contribution in [2.24, 2.45) is 0 Å². The number of nitrogens with zero attached hydrogens (tertiary/aromatic N) is 2. The molecule has 2 N–H and O–H groups in total. The van der Waals surface area contributed by atoms with Crippen molar-refractivity contribution in [1.82, 2.24) is 15.1 Å². The van der Waals surface area contributed by atoms with E-state index in [0.29, 0.717) is 18.5 Å². The highest BCUT2D eigenvalue weighted by molar-refractivity contribution is 5.95. The predicted molar refractivity (Wildman–Crippen MR) is 116 cm³/mol. The van der Waals surface area contributed by atoms with E-state index in [1.807, 2.05) is 48.9 Å². The summed E-state index contributed by atoms with van der Waals surface area (Å²) in [5.41, 5.74) is 5.69. The second-order valence-electron chi connectivity index (χ2n) is 7.66. The lowest BCUT2D eigenvalue weighted by molar-refractivity contribution is -0.116. The second-order valence-corrected chi connectivity index (χ2v) is 7.66. The Bertz CT molecular complexity index is 1070. The van der Waals surface area contributed by atoms with Gasteiger partial charge in [0.1, 0.15) is 0 Å². The molecule has 1 atom stereocenters. The van der Waals surface area contributed by atoms with Crippen LogP contribution in [0.5, 0.6) is 0 Å². The molecule has 4 rings (SSSR count). The van der Waals surface area contributed by atoms with Gasteiger partial charge in [0.25, 0.3) is 5.91 Å². The van der Waals surface area contributed by atoms with E-state index in [0.717, 1.165) is 40.9 Å². The van der Waals surface area contributed by atoms with Gasteiger partial charge in [0.2, 0.25) is 5.91 Å². The number of carbonyl (C=O) groups is 2. The van der Waals surface area contributed by atoms with E-state index in [9.17, 15) is 9.59 Å². The van der Waals surface area contributed by atoms with Crippen molar-refractivity contribution in [3.8, 4) is 0 Å². The first-order valence-electron chi connectivity index (χ1n) is 10.4. The number of benzene rings is 2. The normalized spacial score (nSPS) is 14.0. The maximum Gasteiger partial charge on any atom is 0.255 e. The molecule has 30 heavy (non-hydrogen) atoms. The number of fused-ring (bicyclic) bond motifs is 1.